The lowest BCUT2D eigenvalue weighted by atomic mass is 9.79. The van der Waals surface area contributed by atoms with Crippen LogP contribution in [0.4, 0.5) is 4.39 Å². The summed E-state index contributed by atoms with van der Waals surface area (Å²) in [5.74, 6) is -0.821. The molecule has 0 radical (unpaired) electrons. The molecule has 0 saturated carbocycles. The van der Waals surface area contributed by atoms with Gasteiger partial charge in [0.2, 0.25) is 0 Å². The van der Waals surface area contributed by atoms with Gasteiger partial charge in [0.15, 0.2) is 5.78 Å². The van der Waals surface area contributed by atoms with Crippen molar-refractivity contribution in [1.29, 1.82) is 0 Å². The summed E-state index contributed by atoms with van der Waals surface area (Å²) in [5, 5.41) is 0. The molecule has 1 aromatic heterocycles. The van der Waals surface area contributed by atoms with Gasteiger partial charge in [-0.2, -0.15) is 0 Å². The number of halogens is 1. The Hall–Kier alpha value is -1.27. The first-order chi connectivity index (χ1) is 8.64. The summed E-state index contributed by atoms with van der Waals surface area (Å²) in [5.41, 5.74) is -0.770. The molecule has 0 atom stereocenters. The monoisotopic (exact) mass is 265 g/mol. The summed E-state index contributed by atoms with van der Waals surface area (Å²) >= 11 is 0. The summed E-state index contributed by atoms with van der Waals surface area (Å²) < 4.78 is 25.5. The normalized spacial score (nSPS) is 20.6. The molecular formula is C13H17BFNO3. The highest BCUT2D eigenvalue weighted by atomic mass is 19.1. The third-order valence-corrected chi connectivity index (χ3v) is 3.75. The van der Waals surface area contributed by atoms with E-state index in [9.17, 15) is 9.18 Å². The fourth-order valence-corrected chi connectivity index (χ4v) is 1.78. The maximum absolute atomic E-state index is 14.0. The van der Waals surface area contributed by atoms with Crippen molar-refractivity contribution in [3.05, 3.63) is 23.8 Å². The molecule has 0 unspecified atom stereocenters. The Morgan fingerprint density at radius 2 is 1.79 bits per heavy atom. The molecule has 0 aromatic carbocycles. The number of hydrogen-bond acceptors (Lipinski definition) is 4. The molecule has 19 heavy (non-hydrogen) atoms. The van der Waals surface area contributed by atoms with Gasteiger partial charge in [-0.15, -0.1) is 0 Å². The van der Waals surface area contributed by atoms with E-state index in [2.05, 4.69) is 4.98 Å². The minimum Gasteiger partial charge on any atom is -0.399 e. The number of rotatable bonds is 2. The zero-order chi connectivity index (χ0) is 14.4. The molecule has 0 spiro atoms. The molecule has 4 nitrogen and oxygen atoms in total. The number of aromatic nitrogens is 1. The van der Waals surface area contributed by atoms with Gasteiger partial charge in [-0.1, -0.05) is 0 Å². The maximum atomic E-state index is 14.0. The molecule has 2 rings (SSSR count). The molecule has 2 heterocycles. The van der Waals surface area contributed by atoms with E-state index in [1.807, 2.05) is 27.7 Å². The van der Waals surface area contributed by atoms with E-state index in [0.717, 1.165) is 6.07 Å². The van der Waals surface area contributed by atoms with Crippen LogP contribution in [-0.2, 0) is 9.31 Å². The predicted octanol–water partition coefficient (Wildman–Crippen LogP) is 1.72. The third-order valence-electron chi connectivity index (χ3n) is 3.75. The van der Waals surface area contributed by atoms with Crippen molar-refractivity contribution < 1.29 is 18.5 Å². The van der Waals surface area contributed by atoms with Crippen molar-refractivity contribution in [2.45, 2.75) is 45.8 Å². The van der Waals surface area contributed by atoms with Crippen LogP contribution in [0, 0.1) is 5.82 Å². The van der Waals surface area contributed by atoms with Gasteiger partial charge < -0.3 is 9.31 Å². The summed E-state index contributed by atoms with van der Waals surface area (Å²) in [6.07, 6.45) is 1.30. The SMILES string of the molecule is CC(=O)c1cc(F)c(B2OC(C)(C)C(C)(C)O2)cn1. The zero-order valence-corrected chi connectivity index (χ0v) is 11.8. The van der Waals surface area contributed by atoms with Gasteiger partial charge in [0.05, 0.1) is 11.2 Å². The lowest BCUT2D eigenvalue weighted by molar-refractivity contribution is 0.00578. The first-order valence-electron chi connectivity index (χ1n) is 6.16. The van der Waals surface area contributed by atoms with Crippen LogP contribution in [0.5, 0.6) is 0 Å². The standard InChI is InChI=1S/C13H17BFNO3/c1-8(17)11-6-10(15)9(7-16-11)14-18-12(2,3)13(4,5)19-14/h6-7H,1-5H3. The van der Waals surface area contributed by atoms with Gasteiger partial charge in [0, 0.05) is 24.6 Å². The van der Waals surface area contributed by atoms with Crippen molar-refractivity contribution in [3.63, 3.8) is 0 Å². The van der Waals surface area contributed by atoms with Crippen LogP contribution in [-0.4, -0.2) is 29.1 Å². The van der Waals surface area contributed by atoms with E-state index in [1.54, 1.807) is 0 Å². The Kier molecular flexibility index (Phi) is 3.27. The van der Waals surface area contributed by atoms with Gasteiger partial charge >= 0.3 is 7.12 Å². The van der Waals surface area contributed by atoms with Gasteiger partial charge in [0.25, 0.3) is 0 Å². The van der Waals surface area contributed by atoms with Crippen LogP contribution < -0.4 is 5.46 Å². The highest BCUT2D eigenvalue weighted by Gasteiger charge is 2.52. The Labute approximate surface area is 112 Å². The predicted molar refractivity (Wildman–Crippen MR) is 69.9 cm³/mol. The first kappa shape index (κ1) is 14.2. The number of Topliss-reactive ketones (excluding diaryl/α,β-unsaturated/α-hetero) is 1. The maximum Gasteiger partial charge on any atom is 0.499 e. The van der Waals surface area contributed by atoms with Crippen LogP contribution in [0.25, 0.3) is 0 Å². The number of carbonyl (C=O) groups excluding carboxylic acids is 1. The fourth-order valence-electron chi connectivity index (χ4n) is 1.78. The largest absolute Gasteiger partial charge is 0.499 e. The summed E-state index contributed by atoms with van der Waals surface area (Å²) in [7, 11) is -0.807. The average molecular weight is 265 g/mol. The molecule has 102 valence electrons. The second-order valence-electron chi connectivity index (χ2n) is 5.74. The van der Waals surface area contributed by atoms with Crippen LogP contribution in [0.2, 0.25) is 0 Å². The topological polar surface area (TPSA) is 48.4 Å². The van der Waals surface area contributed by atoms with E-state index >= 15 is 0 Å². The molecule has 1 saturated heterocycles. The number of nitrogens with zero attached hydrogens (tertiary/aromatic N) is 1. The highest BCUT2D eigenvalue weighted by molar-refractivity contribution is 6.62. The molecule has 0 aliphatic carbocycles. The van der Waals surface area contributed by atoms with Crippen LogP contribution in [0.1, 0.15) is 45.1 Å². The highest BCUT2D eigenvalue weighted by Crippen LogP contribution is 2.36. The van der Waals surface area contributed by atoms with Crippen molar-refractivity contribution in [3.8, 4) is 0 Å². The molecule has 0 amide bonds. The second kappa shape index (κ2) is 4.39. The van der Waals surface area contributed by atoms with Crippen molar-refractivity contribution in [2.75, 3.05) is 0 Å². The zero-order valence-electron chi connectivity index (χ0n) is 11.8. The Morgan fingerprint density at radius 3 is 2.21 bits per heavy atom. The second-order valence-corrected chi connectivity index (χ2v) is 5.74. The lowest BCUT2D eigenvalue weighted by Gasteiger charge is -2.32. The number of hydrogen-bond donors (Lipinski definition) is 0. The Bertz CT molecular complexity index is 515. The Balaban J connectivity index is 2.33. The lowest BCUT2D eigenvalue weighted by Crippen LogP contribution is -2.41. The molecule has 0 N–H and O–H groups in total. The van der Waals surface area contributed by atoms with E-state index in [4.69, 9.17) is 9.31 Å². The van der Waals surface area contributed by atoms with E-state index in [1.165, 1.54) is 13.1 Å². The number of ketones is 1. The molecule has 1 fully saturated rings. The summed E-state index contributed by atoms with van der Waals surface area (Å²) in [4.78, 5) is 15.1. The van der Waals surface area contributed by atoms with Gasteiger partial charge in [-0.05, 0) is 27.7 Å². The molecule has 0 bridgehead atoms. The summed E-state index contributed by atoms with van der Waals surface area (Å²) in [6.45, 7) is 8.91. The Morgan fingerprint density at radius 1 is 1.26 bits per heavy atom. The van der Waals surface area contributed by atoms with Crippen LogP contribution in [0.3, 0.4) is 0 Å². The van der Waals surface area contributed by atoms with Crippen LogP contribution >= 0.6 is 0 Å². The van der Waals surface area contributed by atoms with Gasteiger partial charge in [0.1, 0.15) is 11.5 Å². The fraction of sp³-hybridized carbons (Fsp3) is 0.538. The van der Waals surface area contributed by atoms with E-state index < -0.39 is 24.1 Å². The van der Waals surface area contributed by atoms with Crippen LogP contribution in [0.15, 0.2) is 12.3 Å². The molecule has 1 aliphatic heterocycles. The average Bonchev–Trinajstić information content (AvgIpc) is 2.47. The van der Waals surface area contributed by atoms with E-state index in [0.29, 0.717) is 0 Å². The quantitative estimate of drug-likeness (QED) is 0.603. The third kappa shape index (κ3) is 2.42. The molecule has 1 aromatic rings. The number of pyridine rings is 1. The minimum absolute atomic E-state index is 0.0952. The van der Waals surface area contributed by atoms with Gasteiger partial charge in [-0.25, -0.2) is 4.39 Å². The molecule has 1 aliphatic rings. The van der Waals surface area contributed by atoms with Gasteiger partial charge in [-0.3, -0.25) is 9.78 Å². The molecule has 6 heteroatoms. The minimum atomic E-state index is -0.807. The smallest absolute Gasteiger partial charge is 0.399 e. The molecular weight excluding hydrogens is 248 g/mol. The number of carbonyl (C=O) groups is 1. The van der Waals surface area contributed by atoms with Crippen molar-refractivity contribution in [2.24, 2.45) is 0 Å². The van der Waals surface area contributed by atoms with E-state index in [-0.39, 0.29) is 16.9 Å². The summed E-state index contributed by atoms with van der Waals surface area (Å²) in [6, 6.07) is 1.11. The van der Waals surface area contributed by atoms with Crippen molar-refractivity contribution in [1.82, 2.24) is 4.98 Å². The first-order valence-corrected chi connectivity index (χ1v) is 6.16. The van der Waals surface area contributed by atoms with Crippen molar-refractivity contribution >= 4 is 18.4 Å².